The van der Waals surface area contributed by atoms with Crippen molar-refractivity contribution in [1.29, 1.82) is 0 Å². The van der Waals surface area contributed by atoms with Gasteiger partial charge in [0, 0.05) is 13.1 Å². The van der Waals surface area contributed by atoms with E-state index in [4.69, 9.17) is 4.74 Å². The highest BCUT2D eigenvalue weighted by Crippen LogP contribution is 2.28. The molecule has 1 aliphatic carbocycles. The summed E-state index contributed by atoms with van der Waals surface area (Å²) in [5.74, 6) is 0.844. The van der Waals surface area contributed by atoms with Crippen LogP contribution in [0.5, 0.6) is 0 Å². The third kappa shape index (κ3) is 3.93. The Morgan fingerprint density at radius 3 is 1.94 bits per heavy atom. The van der Waals surface area contributed by atoms with E-state index in [0.717, 1.165) is 18.8 Å². The zero-order valence-corrected chi connectivity index (χ0v) is 12.3. The number of rotatable bonds is 3. The van der Waals surface area contributed by atoms with Crippen LogP contribution in [-0.4, -0.2) is 44.3 Å². The van der Waals surface area contributed by atoms with Crippen molar-refractivity contribution in [3.63, 3.8) is 0 Å². The van der Waals surface area contributed by atoms with Crippen molar-refractivity contribution >= 4 is 10.0 Å². The second-order valence-electron chi connectivity index (χ2n) is 5.88. The molecule has 2 aliphatic rings. The Morgan fingerprint density at radius 1 is 0.944 bits per heavy atom. The largest absolute Gasteiger partial charge is 0.375 e. The lowest BCUT2D eigenvalue weighted by molar-refractivity contribution is -0.0532. The van der Waals surface area contributed by atoms with Gasteiger partial charge >= 0.3 is 0 Å². The van der Waals surface area contributed by atoms with Gasteiger partial charge in [-0.15, -0.1) is 0 Å². The normalized spacial score (nSPS) is 32.6. The standard InChI is InChI=1S/C13H25NO3S/c1-11-3-5-12(6-4-11)17-13-7-9-14(10-8-13)18(2,15)16/h11-13H,3-10H2,1-2H3. The second-order valence-corrected chi connectivity index (χ2v) is 7.86. The van der Waals surface area contributed by atoms with E-state index in [0.29, 0.717) is 19.2 Å². The van der Waals surface area contributed by atoms with E-state index < -0.39 is 10.0 Å². The minimum Gasteiger partial charge on any atom is -0.375 e. The van der Waals surface area contributed by atoms with Crippen LogP contribution in [0, 0.1) is 5.92 Å². The molecule has 0 aromatic carbocycles. The third-order valence-corrected chi connectivity index (χ3v) is 5.52. The molecule has 1 saturated heterocycles. The first-order valence-electron chi connectivity index (χ1n) is 7.05. The van der Waals surface area contributed by atoms with E-state index in [1.165, 1.54) is 31.9 Å². The van der Waals surface area contributed by atoms with Gasteiger partial charge in [-0.25, -0.2) is 12.7 Å². The van der Waals surface area contributed by atoms with Crippen LogP contribution in [0.1, 0.15) is 45.4 Å². The summed E-state index contributed by atoms with van der Waals surface area (Å²) in [7, 11) is -3.01. The summed E-state index contributed by atoms with van der Waals surface area (Å²) in [4.78, 5) is 0. The Bertz CT molecular complexity index is 352. The monoisotopic (exact) mass is 275 g/mol. The molecule has 0 radical (unpaired) electrons. The molecule has 5 heteroatoms. The molecule has 1 aliphatic heterocycles. The van der Waals surface area contributed by atoms with Gasteiger partial charge in [0.1, 0.15) is 0 Å². The molecule has 0 aromatic rings. The summed E-state index contributed by atoms with van der Waals surface area (Å²) in [6.45, 7) is 3.54. The molecule has 0 amide bonds. The first-order chi connectivity index (χ1) is 8.45. The smallest absolute Gasteiger partial charge is 0.211 e. The lowest BCUT2D eigenvalue weighted by Gasteiger charge is -2.34. The van der Waals surface area contributed by atoms with Gasteiger partial charge in [-0.1, -0.05) is 6.92 Å². The van der Waals surface area contributed by atoms with Gasteiger partial charge < -0.3 is 4.74 Å². The number of nitrogens with zero attached hydrogens (tertiary/aromatic N) is 1. The number of hydrogen-bond donors (Lipinski definition) is 0. The van der Waals surface area contributed by atoms with E-state index in [9.17, 15) is 8.42 Å². The van der Waals surface area contributed by atoms with Crippen molar-refractivity contribution in [2.45, 2.75) is 57.7 Å². The molecule has 18 heavy (non-hydrogen) atoms. The topological polar surface area (TPSA) is 46.6 Å². The summed E-state index contributed by atoms with van der Waals surface area (Å²) in [5, 5.41) is 0. The van der Waals surface area contributed by atoms with Crippen LogP contribution in [0.15, 0.2) is 0 Å². The van der Waals surface area contributed by atoms with Gasteiger partial charge in [0.2, 0.25) is 10.0 Å². The highest BCUT2D eigenvalue weighted by Gasteiger charge is 2.28. The molecule has 2 fully saturated rings. The van der Waals surface area contributed by atoms with Gasteiger partial charge in [0.05, 0.1) is 18.5 Å². The quantitative estimate of drug-likeness (QED) is 0.791. The van der Waals surface area contributed by atoms with Crippen LogP contribution in [0.3, 0.4) is 0 Å². The van der Waals surface area contributed by atoms with E-state index in [2.05, 4.69) is 6.92 Å². The van der Waals surface area contributed by atoms with Gasteiger partial charge in [-0.2, -0.15) is 0 Å². The number of hydrogen-bond acceptors (Lipinski definition) is 3. The second kappa shape index (κ2) is 5.88. The Labute approximate surface area is 111 Å². The fourth-order valence-corrected chi connectivity index (χ4v) is 3.81. The van der Waals surface area contributed by atoms with Crippen molar-refractivity contribution in [3.8, 4) is 0 Å². The van der Waals surface area contributed by atoms with Crippen molar-refractivity contribution in [3.05, 3.63) is 0 Å². The Hall–Kier alpha value is -0.130. The average molecular weight is 275 g/mol. The lowest BCUT2D eigenvalue weighted by atomic mass is 9.88. The van der Waals surface area contributed by atoms with Crippen molar-refractivity contribution < 1.29 is 13.2 Å². The van der Waals surface area contributed by atoms with Crippen LogP contribution in [-0.2, 0) is 14.8 Å². The Kier molecular flexibility index (Phi) is 4.67. The zero-order chi connectivity index (χ0) is 13.2. The number of ether oxygens (including phenoxy) is 1. The molecule has 0 spiro atoms. The maximum absolute atomic E-state index is 11.4. The first-order valence-corrected chi connectivity index (χ1v) is 8.90. The van der Waals surface area contributed by atoms with Crippen LogP contribution in [0.25, 0.3) is 0 Å². The predicted octanol–water partition coefficient (Wildman–Crippen LogP) is 2.01. The molecule has 1 saturated carbocycles. The van der Waals surface area contributed by atoms with Crippen molar-refractivity contribution in [1.82, 2.24) is 4.31 Å². The van der Waals surface area contributed by atoms with E-state index >= 15 is 0 Å². The summed E-state index contributed by atoms with van der Waals surface area (Å²) in [6.07, 6.45) is 8.55. The number of piperidine rings is 1. The zero-order valence-electron chi connectivity index (χ0n) is 11.5. The van der Waals surface area contributed by atoms with Crippen molar-refractivity contribution in [2.24, 2.45) is 5.92 Å². The van der Waals surface area contributed by atoms with E-state index in [-0.39, 0.29) is 6.10 Å². The summed E-state index contributed by atoms with van der Waals surface area (Å²) in [6, 6.07) is 0. The molecule has 1 heterocycles. The van der Waals surface area contributed by atoms with Crippen LogP contribution in [0.2, 0.25) is 0 Å². The van der Waals surface area contributed by atoms with Gasteiger partial charge in [-0.3, -0.25) is 0 Å². The highest BCUT2D eigenvalue weighted by molar-refractivity contribution is 7.88. The first kappa shape index (κ1) is 14.3. The summed E-state index contributed by atoms with van der Waals surface area (Å²) >= 11 is 0. The van der Waals surface area contributed by atoms with Crippen molar-refractivity contribution in [2.75, 3.05) is 19.3 Å². The molecule has 106 valence electrons. The van der Waals surface area contributed by atoms with Crippen LogP contribution >= 0.6 is 0 Å². The molecule has 0 N–H and O–H groups in total. The lowest BCUT2D eigenvalue weighted by Crippen LogP contribution is -2.41. The summed E-state index contributed by atoms with van der Waals surface area (Å²) in [5.41, 5.74) is 0. The number of sulfonamides is 1. The minimum atomic E-state index is -3.01. The minimum absolute atomic E-state index is 0.265. The fourth-order valence-electron chi connectivity index (χ4n) is 2.94. The molecular formula is C13H25NO3S. The molecule has 0 unspecified atom stereocenters. The maximum Gasteiger partial charge on any atom is 0.211 e. The fraction of sp³-hybridized carbons (Fsp3) is 1.00. The summed E-state index contributed by atoms with van der Waals surface area (Å²) < 4.78 is 30.5. The Morgan fingerprint density at radius 2 is 1.44 bits per heavy atom. The highest BCUT2D eigenvalue weighted by atomic mass is 32.2. The van der Waals surface area contributed by atoms with Gasteiger partial charge in [-0.05, 0) is 44.4 Å². The Balaban J connectivity index is 1.74. The molecule has 2 rings (SSSR count). The molecule has 0 atom stereocenters. The molecule has 0 aromatic heterocycles. The molecular weight excluding hydrogens is 250 g/mol. The van der Waals surface area contributed by atoms with Crippen LogP contribution < -0.4 is 0 Å². The SMILES string of the molecule is CC1CCC(OC2CCN(S(C)(=O)=O)CC2)CC1. The predicted molar refractivity (Wildman–Crippen MR) is 71.9 cm³/mol. The van der Waals surface area contributed by atoms with E-state index in [1.54, 1.807) is 4.31 Å². The maximum atomic E-state index is 11.4. The van der Waals surface area contributed by atoms with Gasteiger partial charge in [0.15, 0.2) is 0 Å². The molecule has 4 nitrogen and oxygen atoms in total. The average Bonchev–Trinajstić information content (AvgIpc) is 2.32. The molecule has 0 bridgehead atoms. The van der Waals surface area contributed by atoms with Gasteiger partial charge in [0.25, 0.3) is 0 Å². The van der Waals surface area contributed by atoms with E-state index in [1.807, 2.05) is 0 Å². The third-order valence-electron chi connectivity index (χ3n) is 4.22. The van der Waals surface area contributed by atoms with Crippen LogP contribution in [0.4, 0.5) is 0 Å².